The molecule has 5 heteroatoms. The summed E-state index contributed by atoms with van der Waals surface area (Å²) in [5.74, 6) is 0.441. The number of nitrogens with zero attached hydrogens (tertiary/aromatic N) is 1. The maximum Gasteiger partial charge on any atom is 0.347 e. The molecule has 158 valence electrons. The van der Waals surface area contributed by atoms with Crippen LogP contribution in [0.2, 0.25) is 0 Å². The van der Waals surface area contributed by atoms with Crippen LogP contribution in [0.4, 0.5) is 0 Å². The van der Waals surface area contributed by atoms with Crippen LogP contribution in [0.15, 0.2) is 54.6 Å². The molecule has 0 aliphatic carbocycles. The molecule has 1 atom stereocenters. The van der Waals surface area contributed by atoms with Crippen molar-refractivity contribution in [2.75, 3.05) is 32.8 Å². The highest BCUT2D eigenvalue weighted by Crippen LogP contribution is 2.32. The molecule has 0 saturated carbocycles. The number of likely N-dealkylation sites (N-methyl/N-ethyl adjacent to an activating group) is 1. The Morgan fingerprint density at radius 1 is 1.00 bits per heavy atom. The Labute approximate surface area is 174 Å². The molecule has 0 aliphatic heterocycles. The first-order valence-corrected chi connectivity index (χ1v) is 10.3. The van der Waals surface area contributed by atoms with E-state index >= 15 is 0 Å². The summed E-state index contributed by atoms with van der Waals surface area (Å²) in [7, 11) is 0. The Morgan fingerprint density at radius 2 is 1.59 bits per heavy atom. The minimum atomic E-state index is -1.87. The lowest BCUT2D eigenvalue weighted by Gasteiger charge is -2.28. The van der Waals surface area contributed by atoms with Gasteiger partial charge in [-0.15, -0.1) is 0 Å². The molecule has 0 bridgehead atoms. The molecule has 29 heavy (non-hydrogen) atoms. The molecule has 0 spiro atoms. The topological polar surface area (TPSA) is 59.0 Å². The van der Waals surface area contributed by atoms with E-state index in [4.69, 9.17) is 9.47 Å². The van der Waals surface area contributed by atoms with Crippen molar-refractivity contribution in [3.8, 4) is 5.75 Å². The molecule has 0 amide bonds. The van der Waals surface area contributed by atoms with Gasteiger partial charge in [0.25, 0.3) is 0 Å². The van der Waals surface area contributed by atoms with E-state index in [0.717, 1.165) is 13.1 Å². The van der Waals surface area contributed by atoms with Gasteiger partial charge in [0.1, 0.15) is 12.4 Å². The smallest absolute Gasteiger partial charge is 0.347 e. The average molecular weight is 400 g/mol. The summed E-state index contributed by atoms with van der Waals surface area (Å²) in [5.41, 5.74) is -0.946. The van der Waals surface area contributed by atoms with Crippen LogP contribution in [0.5, 0.6) is 5.75 Å². The van der Waals surface area contributed by atoms with E-state index < -0.39 is 11.6 Å². The summed E-state index contributed by atoms with van der Waals surface area (Å²) in [6.07, 6.45) is 0. The Balaban J connectivity index is 2.23. The van der Waals surface area contributed by atoms with Crippen LogP contribution in [-0.2, 0) is 15.1 Å². The van der Waals surface area contributed by atoms with Gasteiger partial charge in [-0.2, -0.15) is 0 Å². The lowest BCUT2D eigenvalue weighted by molar-refractivity contribution is -0.162. The summed E-state index contributed by atoms with van der Waals surface area (Å²) in [5, 5.41) is 11.5. The zero-order valence-electron chi connectivity index (χ0n) is 17.9. The summed E-state index contributed by atoms with van der Waals surface area (Å²) in [6, 6.07) is 15.9. The number of esters is 1. The molecule has 2 aromatic carbocycles. The van der Waals surface area contributed by atoms with E-state index in [1.54, 1.807) is 48.5 Å². The largest absolute Gasteiger partial charge is 0.493 e. The quantitative estimate of drug-likeness (QED) is 0.582. The Morgan fingerprint density at radius 3 is 2.14 bits per heavy atom. The molecule has 1 unspecified atom stereocenters. The fraction of sp³-hybridized carbons (Fsp3) is 0.458. The van der Waals surface area contributed by atoms with Crippen molar-refractivity contribution in [2.45, 2.75) is 33.3 Å². The van der Waals surface area contributed by atoms with E-state index in [9.17, 15) is 9.90 Å². The molecule has 5 nitrogen and oxygen atoms in total. The van der Waals surface area contributed by atoms with Crippen LogP contribution in [-0.4, -0.2) is 48.8 Å². The first-order valence-electron chi connectivity index (χ1n) is 10.3. The molecule has 2 rings (SSSR count). The molecule has 0 heterocycles. The third kappa shape index (κ3) is 6.05. The van der Waals surface area contributed by atoms with Crippen LogP contribution in [0.25, 0.3) is 0 Å². The fourth-order valence-corrected chi connectivity index (χ4v) is 3.05. The third-order valence-electron chi connectivity index (χ3n) is 4.88. The number of carbonyl (C=O) groups is 1. The van der Waals surface area contributed by atoms with Gasteiger partial charge < -0.3 is 19.5 Å². The van der Waals surface area contributed by atoms with E-state index in [0.29, 0.717) is 35.9 Å². The van der Waals surface area contributed by atoms with Gasteiger partial charge in [0.05, 0.1) is 6.61 Å². The lowest BCUT2D eigenvalue weighted by atomic mass is 9.86. The van der Waals surface area contributed by atoms with Gasteiger partial charge in [-0.25, -0.2) is 4.79 Å². The monoisotopic (exact) mass is 399 g/mol. The molecular weight excluding hydrogens is 366 g/mol. The van der Waals surface area contributed by atoms with Gasteiger partial charge in [0, 0.05) is 6.54 Å². The van der Waals surface area contributed by atoms with Crippen LogP contribution < -0.4 is 4.74 Å². The van der Waals surface area contributed by atoms with E-state index in [-0.39, 0.29) is 6.61 Å². The summed E-state index contributed by atoms with van der Waals surface area (Å²) in [6.45, 7) is 11.5. The second kappa shape index (κ2) is 11.0. The van der Waals surface area contributed by atoms with E-state index in [1.165, 1.54) is 0 Å². The molecule has 0 fully saturated rings. The van der Waals surface area contributed by atoms with Crippen molar-refractivity contribution in [1.82, 2.24) is 4.90 Å². The molecule has 0 radical (unpaired) electrons. The van der Waals surface area contributed by atoms with Crippen molar-refractivity contribution in [3.63, 3.8) is 0 Å². The molecule has 0 saturated heterocycles. The van der Waals surface area contributed by atoms with Crippen LogP contribution >= 0.6 is 0 Å². The van der Waals surface area contributed by atoms with Gasteiger partial charge in [0.15, 0.2) is 0 Å². The molecule has 2 aromatic rings. The first kappa shape index (κ1) is 22.9. The second-order valence-electron chi connectivity index (χ2n) is 7.47. The van der Waals surface area contributed by atoms with Crippen LogP contribution in [0.1, 0.15) is 38.8 Å². The fourth-order valence-electron chi connectivity index (χ4n) is 3.05. The summed E-state index contributed by atoms with van der Waals surface area (Å²) >= 11 is 0. The van der Waals surface area contributed by atoms with Gasteiger partial charge in [0.2, 0.25) is 5.60 Å². The Bertz CT molecular complexity index is 741. The zero-order chi connectivity index (χ0) is 21.3. The first-order chi connectivity index (χ1) is 13.9. The Hall–Kier alpha value is -2.37. The third-order valence-corrected chi connectivity index (χ3v) is 4.88. The van der Waals surface area contributed by atoms with Crippen LogP contribution in [0, 0.1) is 5.92 Å². The molecule has 1 N–H and O–H groups in total. The van der Waals surface area contributed by atoms with Crippen molar-refractivity contribution in [3.05, 3.63) is 65.7 Å². The number of hydrogen-bond acceptors (Lipinski definition) is 5. The number of rotatable bonds is 11. The van der Waals surface area contributed by atoms with Crippen molar-refractivity contribution >= 4 is 5.97 Å². The highest BCUT2D eigenvalue weighted by atomic mass is 16.5. The van der Waals surface area contributed by atoms with E-state index in [1.807, 2.05) is 6.07 Å². The predicted octanol–water partition coefficient (Wildman–Crippen LogP) is 3.84. The highest BCUT2D eigenvalue weighted by molar-refractivity contribution is 5.85. The predicted molar refractivity (Wildman–Crippen MR) is 115 cm³/mol. The Kier molecular flexibility index (Phi) is 8.68. The summed E-state index contributed by atoms with van der Waals surface area (Å²) in [4.78, 5) is 15.2. The lowest BCUT2D eigenvalue weighted by Crippen LogP contribution is -2.40. The zero-order valence-corrected chi connectivity index (χ0v) is 17.9. The van der Waals surface area contributed by atoms with Gasteiger partial charge >= 0.3 is 5.97 Å². The van der Waals surface area contributed by atoms with Gasteiger partial charge in [-0.3, -0.25) is 0 Å². The summed E-state index contributed by atoms with van der Waals surface area (Å²) < 4.78 is 11.2. The average Bonchev–Trinajstić information content (AvgIpc) is 2.75. The van der Waals surface area contributed by atoms with Gasteiger partial charge in [-0.1, -0.05) is 70.2 Å². The molecule has 0 aromatic heterocycles. The van der Waals surface area contributed by atoms with E-state index in [2.05, 4.69) is 32.6 Å². The molecular formula is C24H33NO4. The highest BCUT2D eigenvalue weighted by Gasteiger charge is 2.41. The second-order valence-corrected chi connectivity index (χ2v) is 7.47. The van der Waals surface area contributed by atoms with Crippen molar-refractivity contribution < 1.29 is 19.4 Å². The number of carbonyl (C=O) groups excluding carboxylic acids is 1. The number of ether oxygens (including phenoxy) is 2. The maximum absolute atomic E-state index is 13.0. The standard InChI is InChI=1S/C24H33NO4/c1-5-25(6-2)16-17-28-23(26)24(27,20-10-8-7-9-11-20)21-12-14-22(15-13-21)29-18-19(3)4/h7-15,19,27H,5-6,16-18H2,1-4H3. The minimum Gasteiger partial charge on any atom is -0.493 e. The normalized spacial score (nSPS) is 13.3. The SMILES string of the molecule is CCN(CC)CCOC(=O)C(O)(c1ccccc1)c1ccc(OCC(C)C)cc1. The van der Waals surface area contributed by atoms with Crippen molar-refractivity contribution in [2.24, 2.45) is 5.92 Å². The van der Waals surface area contributed by atoms with Crippen LogP contribution in [0.3, 0.4) is 0 Å². The van der Waals surface area contributed by atoms with Gasteiger partial charge in [-0.05, 0) is 42.3 Å². The number of benzene rings is 2. The minimum absolute atomic E-state index is 0.227. The van der Waals surface area contributed by atoms with Crippen molar-refractivity contribution in [1.29, 1.82) is 0 Å². The molecule has 0 aliphatic rings. The number of hydrogen-bond donors (Lipinski definition) is 1. The maximum atomic E-state index is 13.0. The number of aliphatic hydroxyl groups is 1.